The Morgan fingerprint density at radius 2 is 2.10 bits per heavy atom. The molecule has 1 amide bonds. The molecule has 0 aliphatic carbocycles. The molecule has 5 heteroatoms. The number of nitrogens with two attached hydrogens (primary N) is 1. The van der Waals surface area contributed by atoms with Crippen LogP contribution in [0.1, 0.15) is 17.5 Å². The molecule has 0 fully saturated rings. The van der Waals surface area contributed by atoms with Crippen molar-refractivity contribution in [3.63, 3.8) is 0 Å². The van der Waals surface area contributed by atoms with E-state index in [2.05, 4.69) is 4.98 Å². The van der Waals surface area contributed by atoms with Gasteiger partial charge in [-0.2, -0.15) is 0 Å². The summed E-state index contributed by atoms with van der Waals surface area (Å²) in [6.45, 7) is 0.366. The number of carbonyl (C=O) groups excluding carboxylic acids is 1. The molecule has 0 bridgehead atoms. The van der Waals surface area contributed by atoms with E-state index in [9.17, 15) is 9.18 Å². The van der Waals surface area contributed by atoms with Gasteiger partial charge in [0.15, 0.2) is 0 Å². The van der Waals surface area contributed by atoms with Crippen LogP contribution in [0.25, 0.3) is 11.1 Å². The first-order chi connectivity index (χ1) is 10.1. The number of rotatable bonds is 2. The maximum absolute atomic E-state index is 14.4. The Kier molecular flexibility index (Phi) is 3.43. The highest BCUT2D eigenvalue weighted by Crippen LogP contribution is 2.33. The minimum atomic E-state index is -0.355. The van der Waals surface area contributed by atoms with Crippen LogP contribution in [0.2, 0.25) is 0 Å². The highest BCUT2D eigenvalue weighted by Gasteiger charge is 2.23. The molecule has 4 nitrogen and oxygen atoms in total. The number of aromatic nitrogens is 1. The molecule has 2 heterocycles. The third-order valence-corrected chi connectivity index (χ3v) is 3.85. The summed E-state index contributed by atoms with van der Waals surface area (Å²) in [6.07, 6.45) is 4.39. The highest BCUT2D eigenvalue weighted by atomic mass is 19.1. The van der Waals surface area contributed by atoms with Crippen LogP contribution >= 0.6 is 0 Å². The number of nitrogens with zero attached hydrogens (tertiary/aromatic N) is 2. The molecule has 3 rings (SSSR count). The zero-order valence-electron chi connectivity index (χ0n) is 11.8. The summed E-state index contributed by atoms with van der Waals surface area (Å²) in [7, 11) is 1.68. The van der Waals surface area contributed by atoms with Gasteiger partial charge >= 0.3 is 0 Å². The number of hydrogen-bond donors (Lipinski definition) is 1. The molecule has 0 unspecified atom stereocenters. The Labute approximate surface area is 122 Å². The largest absolute Gasteiger partial charge is 0.326 e. The van der Waals surface area contributed by atoms with Crippen molar-refractivity contribution in [2.75, 3.05) is 11.9 Å². The van der Waals surface area contributed by atoms with Crippen molar-refractivity contribution >= 4 is 11.6 Å². The number of aryl methyl sites for hydroxylation is 1. The average Bonchev–Trinajstić information content (AvgIpc) is 2.51. The summed E-state index contributed by atoms with van der Waals surface area (Å²) >= 11 is 0. The predicted octanol–water partition coefficient (Wildman–Crippen LogP) is 2.26. The molecule has 2 aromatic rings. The molecule has 1 aliphatic heterocycles. The molecule has 0 saturated heterocycles. The fourth-order valence-electron chi connectivity index (χ4n) is 2.63. The van der Waals surface area contributed by atoms with Gasteiger partial charge in [0.05, 0.1) is 0 Å². The summed E-state index contributed by atoms with van der Waals surface area (Å²) < 4.78 is 14.4. The van der Waals surface area contributed by atoms with Gasteiger partial charge in [-0.1, -0.05) is 0 Å². The van der Waals surface area contributed by atoms with Gasteiger partial charge in [0, 0.05) is 49.2 Å². The van der Waals surface area contributed by atoms with Gasteiger partial charge in [0.2, 0.25) is 5.91 Å². The Balaban J connectivity index is 2.10. The third kappa shape index (κ3) is 2.40. The van der Waals surface area contributed by atoms with Gasteiger partial charge in [-0.15, -0.1) is 0 Å². The predicted molar refractivity (Wildman–Crippen MR) is 79.3 cm³/mol. The minimum Gasteiger partial charge on any atom is -0.326 e. The minimum absolute atomic E-state index is 0.0152. The van der Waals surface area contributed by atoms with Crippen molar-refractivity contribution in [2.45, 2.75) is 19.4 Å². The van der Waals surface area contributed by atoms with E-state index in [0.717, 1.165) is 11.1 Å². The lowest BCUT2D eigenvalue weighted by Crippen LogP contribution is -2.31. The maximum atomic E-state index is 14.4. The Bertz CT molecular complexity index is 715. The van der Waals surface area contributed by atoms with E-state index >= 15 is 0 Å². The second-order valence-electron chi connectivity index (χ2n) is 5.20. The Morgan fingerprint density at radius 3 is 2.86 bits per heavy atom. The number of amides is 1. The molecule has 21 heavy (non-hydrogen) atoms. The maximum Gasteiger partial charge on any atom is 0.227 e. The standard InChI is InChI=1S/C16H16FN3O/c1-20-15-6-14(17)13(5-11(15)2-3-16(20)21)12-4-10(7-18)8-19-9-12/h4-6,8-9H,2-3,7,18H2,1H3. The molecular formula is C16H16FN3O. The van der Waals surface area contributed by atoms with Gasteiger partial charge in [-0.25, -0.2) is 4.39 Å². The molecule has 1 aromatic heterocycles. The van der Waals surface area contributed by atoms with Crippen LogP contribution in [0.15, 0.2) is 30.6 Å². The summed E-state index contributed by atoms with van der Waals surface area (Å²) in [5, 5.41) is 0. The summed E-state index contributed by atoms with van der Waals surface area (Å²) in [6, 6.07) is 5.08. The van der Waals surface area contributed by atoms with Gasteiger partial charge in [-0.05, 0) is 35.7 Å². The number of benzene rings is 1. The van der Waals surface area contributed by atoms with Crippen LogP contribution in [0.3, 0.4) is 0 Å². The molecule has 1 aliphatic rings. The van der Waals surface area contributed by atoms with Gasteiger partial charge in [0.1, 0.15) is 5.82 Å². The summed E-state index contributed by atoms with van der Waals surface area (Å²) in [5.41, 5.74) is 9.29. The summed E-state index contributed by atoms with van der Waals surface area (Å²) in [4.78, 5) is 17.3. The van der Waals surface area contributed by atoms with Gasteiger partial charge in [-0.3, -0.25) is 9.78 Å². The fraction of sp³-hybridized carbons (Fsp3) is 0.250. The molecule has 0 saturated carbocycles. The van der Waals surface area contributed by atoms with E-state index in [1.807, 2.05) is 12.1 Å². The first kappa shape index (κ1) is 13.7. The number of halogens is 1. The van der Waals surface area contributed by atoms with Crippen LogP contribution < -0.4 is 10.6 Å². The number of carbonyl (C=O) groups is 1. The molecule has 2 N–H and O–H groups in total. The second kappa shape index (κ2) is 5.26. The van der Waals surface area contributed by atoms with E-state index in [1.165, 1.54) is 11.0 Å². The van der Waals surface area contributed by atoms with Crippen molar-refractivity contribution in [1.82, 2.24) is 4.98 Å². The van der Waals surface area contributed by atoms with E-state index in [1.54, 1.807) is 19.4 Å². The second-order valence-corrected chi connectivity index (χ2v) is 5.20. The number of anilines is 1. The lowest BCUT2D eigenvalue weighted by Gasteiger charge is -2.26. The SMILES string of the molecule is CN1C(=O)CCc2cc(-c3cncc(CN)c3)c(F)cc21. The number of hydrogen-bond acceptors (Lipinski definition) is 3. The normalized spacial score (nSPS) is 14.2. The molecule has 0 spiro atoms. The lowest BCUT2D eigenvalue weighted by atomic mass is 9.96. The first-order valence-electron chi connectivity index (χ1n) is 6.83. The quantitative estimate of drug-likeness (QED) is 0.920. The van der Waals surface area contributed by atoms with E-state index in [4.69, 9.17) is 5.73 Å². The van der Waals surface area contributed by atoms with Crippen molar-refractivity contribution < 1.29 is 9.18 Å². The van der Waals surface area contributed by atoms with Crippen molar-refractivity contribution in [1.29, 1.82) is 0 Å². The zero-order valence-corrected chi connectivity index (χ0v) is 11.8. The van der Waals surface area contributed by atoms with Crippen molar-refractivity contribution in [3.8, 4) is 11.1 Å². The Morgan fingerprint density at radius 1 is 1.29 bits per heavy atom. The molecule has 0 atom stereocenters. The molecule has 108 valence electrons. The van der Waals surface area contributed by atoms with Crippen molar-refractivity contribution in [2.24, 2.45) is 5.73 Å². The van der Waals surface area contributed by atoms with Crippen LogP contribution in [0.4, 0.5) is 10.1 Å². The van der Waals surface area contributed by atoms with Crippen molar-refractivity contribution in [3.05, 3.63) is 47.5 Å². The molecule has 1 aromatic carbocycles. The highest BCUT2D eigenvalue weighted by molar-refractivity contribution is 5.96. The van der Waals surface area contributed by atoms with Crippen LogP contribution in [-0.4, -0.2) is 17.9 Å². The summed E-state index contributed by atoms with van der Waals surface area (Å²) in [5.74, 6) is -0.340. The third-order valence-electron chi connectivity index (χ3n) is 3.85. The molecule has 0 radical (unpaired) electrons. The molecular weight excluding hydrogens is 269 g/mol. The van der Waals surface area contributed by atoms with Crippen LogP contribution in [0, 0.1) is 5.82 Å². The topological polar surface area (TPSA) is 59.2 Å². The van der Waals surface area contributed by atoms with Crippen LogP contribution in [-0.2, 0) is 17.8 Å². The average molecular weight is 285 g/mol. The van der Waals surface area contributed by atoms with Gasteiger partial charge in [0.25, 0.3) is 0 Å². The smallest absolute Gasteiger partial charge is 0.227 e. The number of fused-ring (bicyclic) bond motifs is 1. The van der Waals surface area contributed by atoms with E-state index in [0.29, 0.717) is 36.2 Å². The van der Waals surface area contributed by atoms with E-state index in [-0.39, 0.29) is 11.7 Å². The first-order valence-corrected chi connectivity index (χ1v) is 6.83. The lowest BCUT2D eigenvalue weighted by molar-refractivity contribution is -0.118. The Hall–Kier alpha value is -2.27. The monoisotopic (exact) mass is 285 g/mol. The zero-order chi connectivity index (χ0) is 15.0. The van der Waals surface area contributed by atoms with Crippen LogP contribution in [0.5, 0.6) is 0 Å². The number of pyridine rings is 1. The van der Waals surface area contributed by atoms with Gasteiger partial charge < -0.3 is 10.6 Å². The van der Waals surface area contributed by atoms with E-state index < -0.39 is 0 Å². The fourth-order valence-corrected chi connectivity index (χ4v) is 2.63.